The van der Waals surface area contributed by atoms with Gasteiger partial charge in [0.2, 0.25) is 5.91 Å². The number of carboxylic acid groups (broad SMARTS) is 1. The number of nitrogens with one attached hydrogen (secondary N) is 1. The Morgan fingerprint density at radius 3 is 2.36 bits per heavy atom. The first-order chi connectivity index (χ1) is 22.1. The first kappa shape index (κ1) is 35.3. The van der Waals surface area contributed by atoms with Crippen molar-refractivity contribution >= 4 is 22.8 Å². The van der Waals surface area contributed by atoms with Gasteiger partial charge in [0.1, 0.15) is 12.4 Å². The Morgan fingerprint density at radius 2 is 1.77 bits per heavy atom. The molecule has 2 N–H and O–H groups in total. The van der Waals surface area contributed by atoms with Crippen LogP contribution in [0.1, 0.15) is 66.6 Å². The molecular formula is C35H40F3N5O4. The number of aromatic nitrogens is 3. The van der Waals surface area contributed by atoms with E-state index in [2.05, 4.69) is 15.3 Å². The van der Waals surface area contributed by atoms with Gasteiger partial charge in [-0.3, -0.25) is 14.4 Å². The Kier molecular flexibility index (Phi) is 10.9. The number of hydrogen-bond donors (Lipinski definition) is 2. The number of halogens is 3. The van der Waals surface area contributed by atoms with E-state index in [9.17, 15) is 32.7 Å². The van der Waals surface area contributed by atoms with Gasteiger partial charge in [-0.05, 0) is 86.7 Å². The lowest BCUT2D eigenvalue weighted by Gasteiger charge is -2.27. The van der Waals surface area contributed by atoms with Gasteiger partial charge >= 0.3 is 12.1 Å². The Morgan fingerprint density at radius 1 is 1.09 bits per heavy atom. The van der Waals surface area contributed by atoms with E-state index < -0.39 is 47.7 Å². The van der Waals surface area contributed by atoms with Crippen molar-refractivity contribution in [1.82, 2.24) is 24.8 Å². The molecule has 0 spiro atoms. The highest BCUT2D eigenvalue weighted by Gasteiger charge is 2.36. The summed E-state index contributed by atoms with van der Waals surface area (Å²) in [5.41, 5.74) is 2.47. The van der Waals surface area contributed by atoms with E-state index in [1.807, 2.05) is 52.0 Å². The molecule has 12 heteroatoms. The normalized spacial score (nSPS) is 13.3. The second-order valence-electron chi connectivity index (χ2n) is 12.6. The fourth-order valence-corrected chi connectivity index (χ4v) is 5.93. The fourth-order valence-electron chi connectivity index (χ4n) is 5.93. The third kappa shape index (κ3) is 8.42. The molecule has 9 nitrogen and oxygen atoms in total. The molecular weight excluding hydrogens is 611 g/mol. The maximum Gasteiger partial charge on any atom is 0.416 e. The van der Waals surface area contributed by atoms with Crippen LogP contribution >= 0.6 is 0 Å². The molecule has 47 heavy (non-hydrogen) atoms. The highest BCUT2D eigenvalue weighted by atomic mass is 19.4. The monoisotopic (exact) mass is 651 g/mol. The number of rotatable bonds is 12. The number of carbonyl (C=O) groups excluding carboxylic acids is 1. The Balaban J connectivity index is 1.85. The summed E-state index contributed by atoms with van der Waals surface area (Å²) in [6, 6.07) is 7.84. The summed E-state index contributed by atoms with van der Waals surface area (Å²) in [6.07, 6.45) is -1.08. The molecule has 0 aliphatic heterocycles. The number of nitrogens with zero attached hydrogens (tertiary/aromatic N) is 4. The number of alkyl halides is 3. The highest BCUT2D eigenvalue weighted by Crippen LogP contribution is 2.35. The van der Waals surface area contributed by atoms with Gasteiger partial charge in [-0.25, -0.2) is 9.97 Å². The largest absolute Gasteiger partial charge is 0.481 e. The summed E-state index contributed by atoms with van der Waals surface area (Å²) in [5.74, 6) is -2.01. The van der Waals surface area contributed by atoms with E-state index in [0.717, 1.165) is 33.0 Å². The van der Waals surface area contributed by atoms with Crippen LogP contribution in [-0.4, -0.2) is 57.1 Å². The molecule has 0 saturated heterocycles. The average Bonchev–Trinajstić information content (AvgIpc) is 2.97. The van der Waals surface area contributed by atoms with Crippen molar-refractivity contribution in [2.45, 2.75) is 65.2 Å². The summed E-state index contributed by atoms with van der Waals surface area (Å²) in [4.78, 5) is 49.9. The number of fused-ring (bicyclic) bond motifs is 1. The molecule has 0 unspecified atom stereocenters. The summed E-state index contributed by atoms with van der Waals surface area (Å²) in [6.45, 7) is 7.88. The van der Waals surface area contributed by atoms with Gasteiger partial charge in [0.05, 0.1) is 23.5 Å². The highest BCUT2D eigenvalue weighted by molar-refractivity contribution is 5.90. The van der Waals surface area contributed by atoms with Crippen molar-refractivity contribution in [2.24, 2.45) is 5.92 Å². The SMILES string of the molecule is Cc1cccc(C)c1-c1cc([C@H](CC(=O)O)NC(=O)[C@H](CC(C)C)n2cc(CCN(C)C)c(C(F)(F)F)cc2=O)c2ncncc2c1. The van der Waals surface area contributed by atoms with E-state index in [1.165, 1.54) is 6.33 Å². The molecule has 0 radical (unpaired) electrons. The molecule has 1 amide bonds. The van der Waals surface area contributed by atoms with E-state index >= 15 is 0 Å². The molecule has 2 atom stereocenters. The molecule has 0 saturated carbocycles. The smallest absolute Gasteiger partial charge is 0.416 e. The first-order valence-electron chi connectivity index (χ1n) is 15.4. The van der Waals surface area contributed by atoms with E-state index in [1.54, 1.807) is 31.3 Å². The molecule has 2 heterocycles. The van der Waals surface area contributed by atoms with Crippen molar-refractivity contribution in [1.29, 1.82) is 0 Å². The summed E-state index contributed by atoms with van der Waals surface area (Å²) in [7, 11) is 3.45. The summed E-state index contributed by atoms with van der Waals surface area (Å²) in [5, 5.41) is 13.4. The molecule has 0 bridgehead atoms. The number of benzene rings is 2. The Hall–Kier alpha value is -4.58. The number of amides is 1. The minimum atomic E-state index is -4.76. The molecule has 250 valence electrons. The van der Waals surface area contributed by atoms with Crippen molar-refractivity contribution in [3.63, 3.8) is 0 Å². The molecule has 2 aromatic heterocycles. The lowest BCUT2D eigenvalue weighted by Crippen LogP contribution is -2.40. The molecule has 4 rings (SSSR count). The zero-order valence-corrected chi connectivity index (χ0v) is 27.4. The van der Waals surface area contributed by atoms with Gasteiger partial charge in [0, 0.05) is 36.0 Å². The minimum absolute atomic E-state index is 0.00339. The number of aliphatic carboxylic acids is 1. The van der Waals surface area contributed by atoms with Crippen LogP contribution in [0, 0.1) is 19.8 Å². The predicted octanol–water partition coefficient (Wildman–Crippen LogP) is 6.12. The van der Waals surface area contributed by atoms with Gasteiger partial charge in [-0.15, -0.1) is 0 Å². The minimum Gasteiger partial charge on any atom is -0.481 e. The third-order valence-corrected chi connectivity index (χ3v) is 8.11. The van der Waals surface area contributed by atoms with Gasteiger partial charge in [0.25, 0.3) is 5.56 Å². The molecule has 4 aromatic rings. The number of pyridine rings is 1. The van der Waals surface area contributed by atoms with E-state index in [-0.39, 0.29) is 30.9 Å². The van der Waals surface area contributed by atoms with Crippen molar-refractivity contribution in [2.75, 3.05) is 20.6 Å². The van der Waals surface area contributed by atoms with Crippen LogP contribution in [0.15, 0.2) is 59.9 Å². The Labute approximate surface area is 271 Å². The summed E-state index contributed by atoms with van der Waals surface area (Å²) >= 11 is 0. The first-order valence-corrected chi connectivity index (χ1v) is 15.4. The number of carbonyl (C=O) groups is 2. The van der Waals surface area contributed by atoms with E-state index in [4.69, 9.17) is 0 Å². The van der Waals surface area contributed by atoms with Crippen LogP contribution in [-0.2, 0) is 22.2 Å². The van der Waals surface area contributed by atoms with Crippen molar-refractivity contribution < 1.29 is 27.9 Å². The zero-order chi connectivity index (χ0) is 34.6. The van der Waals surface area contributed by atoms with Crippen LogP contribution < -0.4 is 10.9 Å². The number of carboxylic acids is 1. The molecule has 2 aromatic carbocycles. The van der Waals surface area contributed by atoms with Gasteiger partial charge in [-0.1, -0.05) is 32.0 Å². The Bertz CT molecular complexity index is 1810. The second kappa shape index (κ2) is 14.5. The lowest BCUT2D eigenvalue weighted by molar-refractivity contribution is -0.139. The van der Waals surface area contributed by atoms with Crippen molar-refractivity contribution in [3.8, 4) is 11.1 Å². The standard InChI is InChI=1S/C35H40F3N5O4/c1-20(2)12-29(43-18-23(10-11-42(5)6)27(15-30(43)44)35(36,37)38)34(47)41-28(16-31(45)46)26-14-24(13-25-17-39-19-40-33(25)26)32-21(3)8-7-9-22(32)4/h7-9,13-15,17-20,28-29H,10-12,16H2,1-6H3,(H,41,47)(H,45,46)/t28-,29-/m0/s1. The summed E-state index contributed by atoms with van der Waals surface area (Å²) < 4.78 is 42.9. The van der Waals surface area contributed by atoms with Gasteiger partial charge in [-0.2, -0.15) is 13.2 Å². The number of aryl methyl sites for hydroxylation is 2. The number of likely N-dealkylation sites (N-methyl/N-ethyl adjacent to an activating group) is 1. The zero-order valence-electron chi connectivity index (χ0n) is 27.4. The van der Waals surface area contributed by atoms with Gasteiger partial charge in [0.15, 0.2) is 0 Å². The number of hydrogen-bond acceptors (Lipinski definition) is 6. The van der Waals surface area contributed by atoms with Crippen LogP contribution in [0.2, 0.25) is 0 Å². The van der Waals surface area contributed by atoms with Crippen LogP contribution in [0.5, 0.6) is 0 Å². The predicted molar refractivity (Wildman–Crippen MR) is 174 cm³/mol. The van der Waals surface area contributed by atoms with Crippen molar-refractivity contribution in [3.05, 3.63) is 93.3 Å². The third-order valence-electron chi connectivity index (χ3n) is 8.11. The molecule has 0 aliphatic rings. The fraction of sp³-hybridized carbons (Fsp3) is 0.400. The molecule has 0 fully saturated rings. The maximum absolute atomic E-state index is 14.1. The maximum atomic E-state index is 14.1. The van der Waals surface area contributed by atoms with Gasteiger partial charge < -0.3 is 19.9 Å². The topological polar surface area (TPSA) is 117 Å². The quantitative estimate of drug-likeness (QED) is 0.190. The lowest BCUT2D eigenvalue weighted by atomic mass is 9.90. The van der Waals surface area contributed by atoms with Crippen LogP contribution in [0.3, 0.4) is 0 Å². The second-order valence-corrected chi connectivity index (χ2v) is 12.6. The molecule has 0 aliphatic carbocycles. The van der Waals surface area contributed by atoms with Crippen LogP contribution in [0.25, 0.3) is 22.0 Å². The average molecular weight is 652 g/mol. The van der Waals surface area contributed by atoms with E-state index in [0.29, 0.717) is 22.5 Å². The van der Waals surface area contributed by atoms with Crippen LogP contribution in [0.4, 0.5) is 13.2 Å².